The molecule has 0 aliphatic carbocycles. The third-order valence-electron chi connectivity index (χ3n) is 6.36. The minimum Gasteiger partial charge on any atom is -0.491 e. The molecule has 2 aliphatic heterocycles. The number of anilines is 2. The second-order valence-electron chi connectivity index (χ2n) is 8.44. The van der Waals surface area contributed by atoms with Crippen molar-refractivity contribution >= 4 is 35.1 Å². The van der Waals surface area contributed by atoms with Crippen molar-refractivity contribution < 1.29 is 23.1 Å². The Morgan fingerprint density at radius 3 is 2.76 bits per heavy atom. The number of carbonyl (C=O) groups is 2. The largest absolute Gasteiger partial charge is 0.491 e. The molecule has 8 nitrogen and oxygen atoms in total. The molecule has 1 aromatic heterocycles. The van der Waals surface area contributed by atoms with Crippen LogP contribution in [0.3, 0.4) is 0 Å². The maximum Gasteiger partial charge on any atom is 0.247 e. The van der Waals surface area contributed by atoms with E-state index in [1.165, 1.54) is 20.1 Å². The van der Waals surface area contributed by atoms with Gasteiger partial charge in [0.2, 0.25) is 17.6 Å². The van der Waals surface area contributed by atoms with Crippen LogP contribution in [0.5, 0.6) is 5.75 Å². The lowest BCUT2D eigenvalue weighted by Crippen LogP contribution is -2.40. The van der Waals surface area contributed by atoms with Gasteiger partial charge in [-0.05, 0) is 49.1 Å². The molecule has 3 heterocycles. The minimum absolute atomic E-state index is 0.0275. The molecule has 0 radical (unpaired) electrons. The van der Waals surface area contributed by atoms with Crippen LogP contribution < -0.4 is 20.1 Å². The van der Waals surface area contributed by atoms with Crippen molar-refractivity contribution in [3.8, 4) is 5.75 Å². The van der Waals surface area contributed by atoms with Crippen molar-refractivity contribution in [1.82, 2.24) is 9.88 Å². The smallest absolute Gasteiger partial charge is 0.247 e. The number of benzene rings is 1. The molecular weight excluding hydrogens is 452 g/mol. The SMILES string of the molecule is COc1c(N2CC3(CCN(C(C)=O)C3)CC2C(=O)Nc2ccnc(SN)c2)ccc(F)c1F. The lowest BCUT2D eigenvalue weighted by Gasteiger charge is -2.28. The average molecular weight is 478 g/mol. The number of ether oxygens (including phenoxy) is 1. The van der Waals surface area contributed by atoms with Crippen molar-refractivity contribution in [2.45, 2.75) is 30.8 Å². The molecule has 0 saturated carbocycles. The quantitative estimate of drug-likeness (QED) is 0.639. The van der Waals surface area contributed by atoms with E-state index < -0.39 is 17.7 Å². The zero-order valence-corrected chi connectivity index (χ0v) is 19.1. The number of methoxy groups -OCH3 is 1. The molecule has 1 aromatic carbocycles. The summed E-state index contributed by atoms with van der Waals surface area (Å²) in [4.78, 5) is 32.9. The second kappa shape index (κ2) is 9.14. The Bertz CT molecular complexity index is 1090. The fourth-order valence-corrected chi connectivity index (χ4v) is 5.08. The Balaban J connectivity index is 1.68. The van der Waals surface area contributed by atoms with Crippen LogP contribution in [0.1, 0.15) is 19.8 Å². The second-order valence-corrected chi connectivity index (χ2v) is 9.10. The number of amides is 2. The summed E-state index contributed by atoms with van der Waals surface area (Å²) < 4.78 is 33.6. The molecular formula is C22H25F2N5O3S. The van der Waals surface area contributed by atoms with E-state index in [1.807, 2.05) is 0 Å². The van der Waals surface area contributed by atoms with Gasteiger partial charge in [-0.15, -0.1) is 0 Å². The first-order valence-electron chi connectivity index (χ1n) is 10.4. The van der Waals surface area contributed by atoms with Gasteiger partial charge in [0.05, 0.1) is 12.8 Å². The summed E-state index contributed by atoms with van der Waals surface area (Å²) in [5, 5.41) is 8.99. The summed E-state index contributed by atoms with van der Waals surface area (Å²) in [5.41, 5.74) is 0.473. The number of carbonyl (C=O) groups excluding carboxylic acids is 2. The van der Waals surface area contributed by atoms with Gasteiger partial charge in [0, 0.05) is 43.9 Å². The first-order valence-corrected chi connectivity index (χ1v) is 11.3. The number of hydrogen-bond acceptors (Lipinski definition) is 7. The predicted molar refractivity (Wildman–Crippen MR) is 121 cm³/mol. The zero-order valence-electron chi connectivity index (χ0n) is 18.3. The maximum absolute atomic E-state index is 14.5. The third kappa shape index (κ3) is 4.47. The lowest BCUT2D eigenvalue weighted by molar-refractivity contribution is -0.128. The molecule has 3 N–H and O–H groups in total. The van der Waals surface area contributed by atoms with Crippen molar-refractivity contribution in [3.05, 3.63) is 42.1 Å². The number of nitrogens with one attached hydrogen (secondary N) is 1. The number of rotatable bonds is 5. The molecule has 2 saturated heterocycles. The van der Waals surface area contributed by atoms with Crippen molar-refractivity contribution in [2.75, 3.05) is 37.0 Å². The number of aromatic nitrogens is 1. The Labute approximate surface area is 194 Å². The molecule has 2 amide bonds. The molecule has 2 aliphatic rings. The molecule has 2 fully saturated rings. The standard InChI is InChI=1S/C22H25F2N5O3S/c1-13(30)28-8-6-22(11-28)10-17(21(31)27-14-5-7-26-18(9-14)33-25)29(12-22)16-4-3-15(23)19(24)20(16)32-2/h3-5,7,9,17H,6,8,10-12,25H2,1-2H3,(H,26,27,31). The van der Waals surface area contributed by atoms with E-state index >= 15 is 0 Å². The number of halogens is 2. The number of hydrogen-bond donors (Lipinski definition) is 2. The first kappa shape index (κ1) is 23.2. The maximum atomic E-state index is 14.5. The number of nitrogens with two attached hydrogens (primary N) is 1. The summed E-state index contributed by atoms with van der Waals surface area (Å²) in [6.07, 6.45) is 2.70. The van der Waals surface area contributed by atoms with Crippen molar-refractivity contribution in [2.24, 2.45) is 10.6 Å². The van der Waals surface area contributed by atoms with E-state index in [0.717, 1.165) is 18.0 Å². The number of likely N-dealkylation sites (tertiary alicyclic amines) is 1. The van der Waals surface area contributed by atoms with Gasteiger partial charge in [-0.3, -0.25) is 14.7 Å². The van der Waals surface area contributed by atoms with E-state index in [9.17, 15) is 18.4 Å². The van der Waals surface area contributed by atoms with Gasteiger partial charge in [-0.1, -0.05) is 0 Å². The van der Waals surface area contributed by atoms with E-state index in [2.05, 4.69) is 10.3 Å². The van der Waals surface area contributed by atoms with Crippen LogP contribution in [0.25, 0.3) is 0 Å². The molecule has 176 valence electrons. The lowest BCUT2D eigenvalue weighted by atomic mass is 9.84. The summed E-state index contributed by atoms with van der Waals surface area (Å²) >= 11 is 0.962. The van der Waals surface area contributed by atoms with Gasteiger partial charge in [-0.25, -0.2) is 9.37 Å². The van der Waals surface area contributed by atoms with Gasteiger partial charge in [0.1, 0.15) is 11.1 Å². The van der Waals surface area contributed by atoms with Crippen LogP contribution in [-0.2, 0) is 9.59 Å². The van der Waals surface area contributed by atoms with E-state index in [1.54, 1.807) is 28.1 Å². The number of nitrogens with zero attached hydrogens (tertiary/aromatic N) is 3. The van der Waals surface area contributed by atoms with Gasteiger partial charge < -0.3 is 19.9 Å². The van der Waals surface area contributed by atoms with Crippen molar-refractivity contribution in [3.63, 3.8) is 0 Å². The minimum atomic E-state index is -1.11. The molecule has 2 atom stereocenters. The molecule has 2 unspecified atom stereocenters. The normalized spacial score (nSPS) is 22.2. The number of pyridine rings is 1. The summed E-state index contributed by atoms with van der Waals surface area (Å²) in [6, 6.07) is 5.07. The van der Waals surface area contributed by atoms with Crippen LogP contribution in [0, 0.1) is 17.0 Å². The Morgan fingerprint density at radius 1 is 1.30 bits per heavy atom. The topological polar surface area (TPSA) is 101 Å². The Morgan fingerprint density at radius 2 is 2.09 bits per heavy atom. The van der Waals surface area contributed by atoms with E-state index in [-0.39, 0.29) is 23.0 Å². The van der Waals surface area contributed by atoms with Crippen LogP contribution >= 0.6 is 11.9 Å². The highest BCUT2D eigenvalue weighted by molar-refractivity contribution is 7.97. The van der Waals surface area contributed by atoms with E-state index in [4.69, 9.17) is 9.88 Å². The van der Waals surface area contributed by atoms with Gasteiger partial charge in [0.25, 0.3) is 0 Å². The van der Waals surface area contributed by atoms with Gasteiger partial charge in [-0.2, -0.15) is 4.39 Å². The van der Waals surface area contributed by atoms with E-state index in [0.29, 0.717) is 48.9 Å². The molecule has 4 rings (SSSR count). The fraction of sp³-hybridized carbons (Fsp3) is 0.409. The molecule has 1 spiro atoms. The zero-order chi connectivity index (χ0) is 23.8. The first-order chi connectivity index (χ1) is 15.8. The molecule has 11 heteroatoms. The van der Waals surface area contributed by atoms with Crippen LogP contribution in [0.15, 0.2) is 35.5 Å². The van der Waals surface area contributed by atoms with Crippen LogP contribution in [0.2, 0.25) is 0 Å². The summed E-state index contributed by atoms with van der Waals surface area (Å²) in [6.45, 7) is 3.01. The summed E-state index contributed by atoms with van der Waals surface area (Å²) in [7, 11) is 1.26. The van der Waals surface area contributed by atoms with Gasteiger partial charge >= 0.3 is 0 Å². The highest BCUT2D eigenvalue weighted by atomic mass is 32.2. The Kier molecular flexibility index (Phi) is 6.44. The van der Waals surface area contributed by atoms with Crippen LogP contribution in [0.4, 0.5) is 20.2 Å². The average Bonchev–Trinajstić information content (AvgIpc) is 3.39. The fourth-order valence-electron chi connectivity index (χ4n) is 4.76. The van der Waals surface area contributed by atoms with Crippen LogP contribution in [-0.4, -0.2) is 54.5 Å². The highest BCUT2D eigenvalue weighted by Crippen LogP contribution is 2.47. The van der Waals surface area contributed by atoms with Crippen molar-refractivity contribution in [1.29, 1.82) is 0 Å². The molecule has 33 heavy (non-hydrogen) atoms. The molecule has 2 aromatic rings. The third-order valence-corrected chi connectivity index (χ3v) is 6.83. The molecule has 0 bridgehead atoms. The van der Waals surface area contributed by atoms with Gasteiger partial charge in [0.15, 0.2) is 11.6 Å². The summed E-state index contributed by atoms with van der Waals surface area (Å²) in [5.74, 6) is -2.72. The highest BCUT2D eigenvalue weighted by Gasteiger charge is 2.51. The monoisotopic (exact) mass is 477 g/mol. The predicted octanol–water partition coefficient (Wildman–Crippen LogP) is 2.79. The Hall–Kier alpha value is -2.92.